The fraction of sp³-hybridized carbons (Fsp3) is 0.423. The summed E-state index contributed by atoms with van der Waals surface area (Å²) in [5.41, 5.74) is 4.16. The summed E-state index contributed by atoms with van der Waals surface area (Å²) in [6.07, 6.45) is 2.75. The third kappa shape index (κ3) is 3.61. The van der Waals surface area contributed by atoms with E-state index >= 15 is 0 Å². The van der Waals surface area contributed by atoms with E-state index in [2.05, 4.69) is 15.2 Å². The van der Waals surface area contributed by atoms with Gasteiger partial charge in [-0.15, -0.1) is 0 Å². The second-order valence-corrected chi connectivity index (χ2v) is 9.54. The number of nitrogens with zero attached hydrogens (tertiary/aromatic N) is 5. The number of alkyl halides is 1. The molecule has 7 nitrogen and oxygen atoms in total. The molecule has 3 aromatic heterocycles. The van der Waals surface area contributed by atoms with Gasteiger partial charge in [0.05, 0.1) is 30.4 Å². The SMILES string of the molecule is COc1ccc2cc(-c3nc4cc(C(=O)N5CCC[C@H](F)C5)ccc4n3C)n(CC3CC3)c2n1. The van der Waals surface area contributed by atoms with Gasteiger partial charge in [0.15, 0.2) is 5.82 Å². The number of benzene rings is 1. The number of aromatic nitrogens is 4. The summed E-state index contributed by atoms with van der Waals surface area (Å²) in [4.78, 5) is 24.3. The summed E-state index contributed by atoms with van der Waals surface area (Å²) in [5.74, 6) is 1.95. The third-order valence-corrected chi connectivity index (χ3v) is 7.07. The molecule has 0 bridgehead atoms. The first-order valence-corrected chi connectivity index (χ1v) is 12.0. The lowest BCUT2D eigenvalue weighted by atomic mass is 10.1. The first-order valence-electron chi connectivity index (χ1n) is 12.0. The number of imidazole rings is 1. The van der Waals surface area contributed by atoms with Gasteiger partial charge in [-0.1, -0.05) is 0 Å². The number of carbonyl (C=O) groups is 1. The largest absolute Gasteiger partial charge is 0.481 e. The van der Waals surface area contributed by atoms with Crippen LogP contribution in [0.2, 0.25) is 0 Å². The van der Waals surface area contributed by atoms with Crippen LogP contribution >= 0.6 is 0 Å². The van der Waals surface area contributed by atoms with Crippen molar-refractivity contribution in [3.8, 4) is 17.4 Å². The minimum atomic E-state index is -0.941. The molecule has 1 amide bonds. The minimum absolute atomic E-state index is 0.129. The molecule has 34 heavy (non-hydrogen) atoms. The Hall–Kier alpha value is -3.42. The topological polar surface area (TPSA) is 65.2 Å². The first kappa shape index (κ1) is 21.1. The summed E-state index contributed by atoms with van der Waals surface area (Å²) in [5, 5.41) is 1.05. The summed E-state index contributed by atoms with van der Waals surface area (Å²) >= 11 is 0. The van der Waals surface area contributed by atoms with Crippen molar-refractivity contribution in [3.63, 3.8) is 0 Å². The Morgan fingerprint density at radius 3 is 2.76 bits per heavy atom. The Bertz CT molecular complexity index is 1400. The fourth-order valence-electron chi connectivity index (χ4n) is 5.01. The molecule has 1 atom stereocenters. The van der Waals surface area contributed by atoms with E-state index in [1.807, 2.05) is 37.4 Å². The van der Waals surface area contributed by atoms with E-state index in [4.69, 9.17) is 14.7 Å². The van der Waals surface area contributed by atoms with Crippen LogP contribution in [0, 0.1) is 5.92 Å². The highest BCUT2D eigenvalue weighted by molar-refractivity contribution is 5.98. The van der Waals surface area contributed by atoms with E-state index in [1.165, 1.54) is 12.8 Å². The monoisotopic (exact) mass is 461 g/mol. The van der Waals surface area contributed by atoms with Gasteiger partial charge < -0.3 is 18.8 Å². The number of pyridine rings is 1. The standard InChI is InChI=1S/C26H28FN5O2/c1-30-21-9-7-18(26(33)31-11-3-4-19(27)15-31)12-20(21)28-25(30)22-13-17-8-10-23(34-2)29-24(17)32(22)14-16-5-6-16/h7-10,12-13,16,19H,3-6,11,14-15H2,1-2H3/t19-/m0/s1. The number of ether oxygens (including phenoxy) is 1. The van der Waals surface area contributed by atoms with Crippen LogP contribution in [0.3, 0.4) is 0 Å². The van der Waals surface area contributed by atoms with Crippen molar-refractivity contribution < 1.29 is 13.9 Å². The summed E-state index contributed by atoms with van der Waals surface area (Å²) in [6.45, 7) is 1.66. The maximum absolute atomic E-state index is 13.8. The molecule has 1 saturated heterocycles. The molecule has 4 heterocycles. The summed E-state index contributed by atoms with van der Waals surface area (Å²) < 4.78 is 23.5. The number of hydrogen-bond donors (Lipinski definition) is 0. The van der Waals surface area contributed by atoms with Crippen molar-refractivity contribution in [1.29, 1.82) is 0 Å². The number of fused-ring (bicyclic) bond motifs is 2. The van der Waals surface area contributed by atoms with Gasteiger partial charge in [-0.05, 0) is 61.9 Å². The molecule has 2 fully saturated rings. The minimum Gasteiger partial charge on any atom is -0.481 e. The molecule has 1 saturated carbocycles. The van der Waals surface area contributed by atoms with Crippen LogP contribution in [-0.4, -0.2) is 56.3 Å². The highest BCUT2D eigenvalue weighted by Crippen LogP contribution is 2.36. The van der Waals surface area contributed by atoms with Crippen LogP contribution in [0.4, 0.5) is 4.39 Å². The molecular formula is C26H28FN5O2. The quantitative estimate of drug-likeness (QED) is 0.436. The average molecular weight is 462 g/mol. The van der Waals surface area contributed by atoms with Crippen molar-refractivity contribution in [1.82, 2.24) is 24.0 Å². The van der Waals surface area contributed by atoms with Crippen molar-refractivity contribution in [2.45, 2.75) is 38.4 Å². The number of hydrogen-bond acceptors (Lipinski definition) is 4. The number of aryl methyl sites for hydroxylation is 1. The van der Waals surface area contributed by atoms with E-state index in [1.54, 1.807) is 12.0 Å². The van der Waals surface area contributed by atoms with E-state index in [0.29, 0.717) is 36.7 Å². The van der Waals surface area contributed by atoms with Gasteiger partial charge in [0.2, 0.25) is 5.88 Å². The second-order valence-electron chi connectivity index (χ2n) is 9.54. The number of piperidine rings is 1. The molecule has 176 valence electrons. The summed E-state index contributed by atoms with van der Waals surface area (Å²) in [6, 6.07) is 11.6. The Balaban J connectivity index is 1.42. The van der Waals surface area contributed by atoms with Crippen LogP contribution in [0.1, 0.15) is 36.0 Å². The molecule has 8 heteroatoms. The van der Waals surface area contributed by atoms with Crippen molar-refractivity contribution >= 4 is 28.0 Å². The van der Waals surface area contributed by atoms with Gasteiger partial charge in [-0.3, -0.25) is 4.79 Å². The fourth-order valence-corrected chi connectivity index (χ4v) is 5.01. The van der Waals surface area contributed by atoms with E-state index in [9.17, 15) is 9.18 Å². The Morgan fingerprint density at radius 1 is 1.15 bits per heavy atom. The summed E-state index contributed by atoms with van der Waals surface area (Å²) in [7, 11) is 3.63. The van der Waals surface area contributed by atoms with E-state index < -0.39 is 6.17 Å². The van der Waals surface area contributed by atoms with E-state index in [0.717, 1.165) is 40.1 Å². The number of methoxy groups -OCH3 is 1. The average Bonchev–Trinajstić information content (AvgIpc) is 3.53. The van der Waals surface area contributed by atoms with Gasteiger partial charge in [0, 0.05) is 37.2 Å². The highest BCUT2D eigenvalue weighted by Gasteiger charge is 2.27. The number of carbonyl (C=O) groups excluding carboxylic acids is 1. The van der Waals surface area contributed by atoms with Gasteiger partial charge in [-0.2, -0.15) is 4.98 Å². The number of amides is 1. The normalized spacial score (nSPS) is 18.7. The van der Waals surface area contributed by atoms with Crippen LogP contribution in [-0.2, 0) is 13.6 Å². The Labute approximate surface area is 197 Å². The Kier molecular flexibility index (Phi) is 5.04. The molecule has 0 spiro atoms. The molecule has 1 aliphatic carbocycles. The molecule has 0 N–H and O–H groups in total. The smallest absolute Gasteiger partial charge is 0.254 e. The van der Waals surface area contributed by atoms with Crippen LogP contribution in [0.25, 0.3) is 33.6 Å². The lowest BCUT2D eigenvalue weighted by Crippen LogP contribution is -2.40. The van der Waals surface area contributed by atoms with E-state index in [-0.39, 0.29) is 12.5 Å². The van der Waals surface area contributed by atoms with Gasteiger partial charge in [-0.25, -0.2) is 9.37 Å². The molecule has 0 radical (unpaired) electrons. The zero-order chi connectivity index (χ0) is 23.4. The lowest BCUT2D eigenvalue weighted by molar-refractivity contribution is 0.0636. The van der Waals surface area contributed by atoms with Crippen LogP contribution < -0.4 is 4.74 Å². The maximum atomic E-state index is 13.8. The van der Waals surface area contributed by atoms with Crippen molar-refractivity contribution in [3.05, 3.63) is 42.0 Å². The third-order valence-electron chi connectivity index (χ3n) is 7.07. The maximum Gasteiger partial charge on any atom is 0.254 e. The molecule has 2 aliphatic rings. The van der Waals surface area contributed by atoms with Gasteiger partial charge in [0.25, 0.3) is 5.91 Å². The molecule has 6 rings (SSSR count). The molecule has 1 aliphatic heterocycles. The van der Waals surface area contributed by atoms with Crippen LogP contribution in [0.5, 0.6) is 5.88 Å². The predicted octanol–water partition coefficient (Wildman–Crippen LogP) is 4.58. The zero-order valence-electron chi connectivity index (χ0n) is 19.5. The number of halogens is 1. The molecule has 0 unspecified atom stereocenters. The highest BCUT2D eigenvalue weighted by atomic mass is 19.1. The van der Waals surface area contributed by atoms with Crippen LogP contribution in [0.15, 0.2) is 36.4 Å². The zero-order valence-corrected chi connectivity index (χ0v) is 19.5. The molecule has 4 aromatic rings. The lowest BCUT2D eigenvalue weighted by Gasteiger charge is -2.29. The Morgan fingerprint density at radius 2 is 2.00 bits per heavy atom. The van der Waals surface area contributed by atoms with Gasteiger partial charge in [0.1, 0.15) is 11.8 Å². The number of rotatable bonds is 5. The molecule has 1 aromatic carbocycles. The van der Waals surface area contributed by atoms with Gasteiger partial charge >= 0.3 is 0 Å². The van der Waals surface area contributed by atoms with Crippen molar-refractivity contribution in [2.75, 3.05) is 20.2 Å². The van der Waals surface area contributed by atoms with Crippen molar-refractivity contribution in [2.24, 2.45) is 13.0 Å². The molecular weight excluding hydrogens is 433 g/mol. The first-order chi connectivity index (χ1) is 16.5. The number of likely N-dealkylation sites (tertiary alicyclic amines) is 1. The second kappa shape index (κ2) is 8.11. The predicted molar refractivity (Wildman–Crippen MR) is 129 cm³/mol.